The van der Waals surface area contributed by atoms with Gasteiger partial charge in [0.05, 0.1) is 0 Å². The van der Waals surface area contributed by atoms with Gasteiger partial charge in [-0.05, 0) is 24.1 Å². The summed E-state index contributed by atoms with van der Waals surface area (Å²) in [6.45, 7) is 6.45. The molecule has 1 fully saturated rings. The largest absolute Gasteiger partial charge is 0.374 e. The Hall–Kier alpha value is -1.55. The first-order valence-corrected chi connectivity index (χ1v) is 7.49. The van der Waals surface area contributed by atoms with Crippen molar-refractivity contribution in [3.05, 3.63) is 29.8 Å². The number of benzene rings is 1. The molecule has 4 heteroatoms. The summed E-state index contributed by atoms with van der Waals surface area (Å²) in [6.07, 6.45) is 1.65. The van der Waals surface area contributed by atoms with E-state index in [1.165, 1.54) is 11.3 Å². The van der Waals surface area contributed by atoms with Crippen LogP contribution in [0.4, 0.5) is 5.69 Å². The Labute approximate surface area is 121 Å². The maximum Gasteiger partial charge on any atom is 0.224 e. The second-order valence-electron chi connectivity index (χ2n) is 5.32. The van der Waals surface area contributed by atoms with Crippen molar-refractivity contribution in [3.8, 4) is 0 Å². The van der Waals surface area contributed by atoms with Crippen LogP contribution < -0.4 is 10.2 Å². The summed E-state index contributed by atoms with van der Waals surface area (Å²) in [5, 5.41) is 3.27. The number of carbonyl (C=O) groups is 1. The second kappa shape index (κ2) is 7.29. The van der Waals surface area contributed by atoms with Gasteiger partial charge in [-0.1, -0.05) is 19.1 Å². The number of anilines is 1. The summed E-state index contributed by atoms with van der Waals surface area (Å²) < 4.78 is 0. The summed E-state index contributed by atoms with van der Waals surface area (Å²) >= 11 is 0. The van der Waals surface area contributed by atoms with Crippen LogP contribution in [0.5, 0.6) is 0 Å². The molecule has 0 saturated carbocycles. The molecular weight excluding hydrogens is 250 g/mol. The highest BCUT2D eigenvalue weighted by Gasteiger charge is 2.16. The number of amides is 1. The number of aryl methyl sites for hydroxylation is 1. The van der Waals surface area contributed by atoms with Gasteiger partial charge in [-0.25, -0.2) is 0 Å². The molecule has 1 saturated heterocycles. The third-order valence-electron chi connectivity index (χ3n) is 3.92. The van der Waals surface area contributed by atoms with E-state index in [1.807, 2.05) is 11.9 Å². The maximum absolute atomic E-state index is 12.1. The van der Waals surface area contributed by atoms with Gasteiger partial charge in [0, 0.05) is 51.9 Å². The number of piperazine rings is 1. The molecule has 1 aromatic rings. The number of rotatable bonds is 5. The van der Waals surface area contributed by atoms with Gasteiger partial charge < -0.3 is 15.1 Å². The normalized spacial score (nSPS) is 15.2. The third-order valence-corrected chi connectivity index (χ3v) is 3.92. The van der Waals surface area contributed by atoms with Crippen LogP contribution >= 0.6 is 0 Å². The second-order valence-corrected chi connectivity index (χ2v) is 5.32. The van der Waals surface area contributed by atoms with E-state index in [1.54, 1.807) is 0 Å². The van der Waals surface area contributed by atoms with Crippen molar-refractivity contribution in [1.82, 2.24) is 10.2 Å². The zero-order valence-electron chi connectivity index (χ0n) is 12.6. The fourth-order valence-corrected chi connectivity index (χ4v) is 2.45. The molecule has 0 radical (unpaired) electrons. The molecule has 110 valence electrons. The molecule has 20 heavy (non-hydrogen) atoms. The van der Waals surface area contributed by atoms with Crippen LogP contribution in [-0.2, 0) is 11.2 Å². The zero-order valence-corrected chi connectivity index (χ0v) is 12.6. The molecule has 0 atom stereocenters. The molecule has 4 nitrogen and oxygen atoms in total. The molecule has 0 bridgehead atoms. The molecule has 0 spiro atoms. The lowest BCUT2D eigenvalue weighted by molar-refractivity contribution is -0.131. The van der Waals surface area contributed by atoms with Crippen molar-refractivity contribution in [2.75, 3.05) is 44.7 Å². The van der Waals surface area contributed by atoms with Gasteiger partial charge in [0.1, 0.15) is 0 Å². The number of nitrogens with one attached hydrogen (secondary N) is 1. The van der Waals surface area contributed by atoms with E-state index in [2.05, 4.69) is 41.4 Å². The summed E-state index contributed by atoms with van der Waals surface area (Å²) in [5.74, 6) is 0.267. The van der Waals surface area contributed by atoms with Crippen LogP contribution in [0, 0.1) is 0 Å². The van der Waals surface area contributed by atoms with E-state index in [-0.39, 0.29) is 5.91 Å². The van der Waals surface area contributed by atoms with E-state index in [4.69, 9.17) is 0 Å². The summed E-state index contributed by atoms with van der Waals surface area (Å²) in [6, 6.07) is 8.58. The van der Waals surface area contributed by atoms with Gasteiger partial charge in [-0.2, -0.15) is 0 Å². The van der Waals surface area contributed by atoms with Crippen molar-refractivity contribution < 1.29 is 4.79 Å². The first kappa shape index (κ1) is 14.9. The molecule has 1 aliphatic rings. The zero-order chi connectivity index (χ0) is 14.4. The van der Waals surface area contributed by atoms with Crippen molar-refractivity contribution in [2.24, 2.45) is 0 Å². The van der Waals surface area contributed by atoms with Gasteiger partial charge in [0.25, 0.3) is 0 Å². The van der Waals surface area contributed by atoms with Crippen LogP contribution in [-0.4, -0.2) is 50.6 Å². The lowest BCUT2D eigenvalue weighted by atomic mass is 10.1. The van der Waals surface area contributed by atoms with E-state index in [0.29, 0.717) is 6.42 Å². The Balaban J connectivity index is 1.81. The highest BCUT2D eigenvalue weighted by Crippen LogP contribution is 2.14. The first-order valence-electron chi connectivity index (χ1n) is 7.49. The topological polar surface area (TPSA) is 35.6 Å². The lowest BCUT2D eigenvalue weighted by Crippen LogP contribution is -2.47. The number of carbonyl (C=O) groups excluding carboxylic acids is 1. The van der Waals surface area contributed by atoms with Gasteiger partial charge in [-0.15, -0.1) is 0 Å². The van der Waals surface area contributed by atoms with Crippen LogP contribution in [0.1, 0.15) is 18.9 Å². The molecule has 0 aliphatic carbocycles. The summed E-state index contributed by atoms with van der Waals surface area (Å²) in [7, 11) is 2.05. The maximum atomic E-state index is 12.1. The molecule has 0 unspecified atom stereocenters. The molecule has 2 rings (SSSR count). The Morgan fingerprint density at radius 2 is 1.90 bits per heavy atom. The molecule has 1 N–H and O–H groups in total. The fraction of sp³-hybridized carbons (Fsp3) is 0.562. The highest BCUT2D eigenvalue weighted by molar-refractivity contribution is 5.77. The fourth-order valence-electron chi connectivity index (χ4n) is 2.45. The average Bonchev–Trinajstić information content (AvgIpc) is 2.53. The number of nitrogens with zero attached hydrogens (tertiary/aromatic N) is 2. The SMILES string of the molecule is CCc1ccc(N(C)CCC(=O)N2CCNCC2)cc1. The van der Waals surface area contributed by atoms with E-state index >= 15 is 0 Å². The highest BCUT2D eigenvalue weighted by atomic mass is 16.2. The Morgan fingerprint density at radius 3 is 2.50 bits per heavy atom. The van der Waals surface area contributed by atoms with Crippen LogP contribution in [0.25, 0.3) is 0 Å². The van der Waals surface area contributed by atoms with E-state index in [0.717, 1.165) is 39.1 Å². The Bertz CT molecular complexity index is 424. The van der Waals surface area contributed by atoms with Crippen LogP contribution in [0.15, 0.2) is 24.3 Å². The van der Waals surface area contributed by atoms with Gasteiger partial charge >= 0.3 is 0 Å². The third kappa shape index (κ3) is 3.97. The molecule has 1 heterocycles. The smallest absolute Gasteiger partial charge is 0.224 e. The number of hydrogen-bond donors (Lipinski definition) is 1. The van der Waals surface area contributed by atoms with Gasteiger partial charge in [0.2, 0.25) is 5.91 Å². The predicted octanol–water partition coefficient (Wildman–Crippen LogP) is 1.51. The monoisotopic (exact) mass is 275 g/mol. The molecular formula is C16H25N3O. The van der Waals surface area contributed by atoms with Crippen molar-refractivity contribution in [3.63, 3.8) is 0 Å². The van der Waals surface area contributed by atoms with E-state index in [9.17, 15) is 4.79 Å². The lowest BCUT2D eigenvalue weighted by Gasteiger charge is -2.28. The van der Waals surface area contributed by atoms with Crippen LogP contribution in [0.2, 0.25) is 0 Å². The first-order chi connectivity index (χ1) is 9.70. The van der Waals surface area contributed by atoms with Crippen molar-refractivity contribution in [2.45, 2.75) is 19.8 Å². The molecule has 1 aromatic carbocycles. The molecule has 0 aromatic heterocycles. The van der Waals surface area contributed by atoms with Crippen molar-refractivity contribution >= 4 is 11.6 Å². The van der Waals surface area contributed by atoms with Crippen LogP contribution in [0.3, 0.4) is 0 Å². The van der Waals surface area contributed by atoms with E-state index < -0.39 is 0 Å². The summed E-state index contributed by atoms with van der Waals surface area (Å²) in [4.78, 5) is 16.2. The Kier molecular flexibility index (Phi) is 5.41. The van der Waals surface area contributed by atoms with Crippen molar-refractivity contribution in [1.29, 1.82) is 0 Å². The molecule has 1 amide bonds. The minimum atomic E-state index is 0.267. The number of hydrogen-bond acceptors (Lipinski definition) is 3. The Morgan fingerprint density at radius 1 is 1.25 bits per heavy atom. The van der Waals surface area contributed by atoms with Gasteiger partial charge in [-0.3, -0.25) is 4.79 Å². The minimum Gasteiger partial charge on any atom is -0.374 e. The van der Waals surface area contributed by atoms with Gasteiger partial charge in [0.15, 0.2) is 0 Å². The average molecular weight is 275 g/mol. The standard InChI is InChI=1S/C16H25N3O/c1-3-14-4-6-15(7-5-14)18(2)11-8-16(20)19-12-9-17-10-13-19/h4-7,17H,3,8-13H2,1-2H3. The molecule has 1 aliphatic heterocycles. The summed E-state index contributed by atoms with van der Waals surface area (Å²) in [5.41, 5.74) is 2.52. The quantitative estimate of drug-likeness (QED) is 0.885. The predicted molar refractivity (Wildman–Crippen MR) is 83.2 cm³/mol. The minimum absolute atomic E-state index is 0.267.